The number of cyclic esters (lactones) is 1. The zero-order valence-corrected chi connectivity index (χ0v) is 5.28. The number of rotatable bonds is 1. The molecular formula is C8H6O2. The standard InChI is InChI=1S/C8H6O2/c9-8-7(10-8)6-4-2-1-3-5-6/h1-5,7H. The lowest BCUT2D eigenvalue weighted by Crippen LogP contribution is -1.78. The Bertz CT molecular complexity index is 253. The van der Waals surface area contributed by atoms with E-state index in [0.29, 0.717) is 0 Å². The second-order valence-corrected chi connectivity index (χ2v) is 2.23. The Morgan fingerprint density at radius 3 is 2.30 bits per heavy atom. The molecule has 0 amide bonds. The summed E-state index contributed by atoms with van der Waals surface area (Å²) in [7, 11) is 0. The Labute approximate surface area is 58.4 Å². The molecular weight excluding hydrogens is 128 g/mol. The molecule has 1 aromatic rings. The van der Waals surface area contributed by atoms with Gasteiger partial charge in [-0.05, 0) is 0 Å². The lowest BCUT2D eigenvalue weighted by Gasteiger charge is -1.87. The molecule has 2 nitrogen and oxygen atoms in total. The average Bonchev–Trinajstić information content (AvgIpc) is 2.69. The van der Waals surface area contributed by atoms with Crippen LogP contribution >= 0.6 is 0 Å². The summed E-state index contributed by atoms with van der Waals surface area (Å²) in [5.74, 6) is -0.119. The van der Waals surface area contributed by atoms with Crippen molar-refractivity contribution in [1.29, 1.82) is 0 Å². The van der Waals surface area contributed by atoms with Crippen molar-refractivity contribution in [2.45, 2.75) is 6.10 Å². The first-order chi connectivity index (χ1) is 4.88. The third kappa shape index (κ3) is 0.778. The number of hydrogen-bond acceptors (Lipinski definition) is 2. The van der Waals surface area contributed by atoms with Gasteiger partial charge in [-0.15, -0.1) is 0 Å². The first-order valence-electron chi connectivity index (χ1n) is 3.13. The third-order valence-corrected chi connectivity index (χ3v) is 1.49. The summed E-state index contributed by atoms with van der Waals surface area (Å²) in [6.07, 6.45) is -0.263. The van der Waals surface area contributed by atoms with Gasteiger partial charge in [-0.1, -0.05) is 30.3 Å². The molecule has 1 aromatic carbocycles. The van der Waals surface area contributed by atoms with Crippen LogP contribution < -0.4 is 0 Å². The molecule has 0 spiro atoms. The van der Waals surface area contributed by atoms with Crippen LogP contribution in [0.2, 0.25) is 0 Å². The fourth-order valence-corrected chi connectivity index (χ4v) is 0.914. The van der Waals surface area contributed by atoms with Crippen molar-refractivity contribution in [2.75, 3.05) is 0 Å². The van der Waals surface area contributed by atoms with Gasteiger partial charge in [-0.2, -0.15) is 0 Å². The van der Waals surface area contributed by atoms with E-state index in [1.807, 2.05) is 30.3 Å². The molecule has 1 aliphatic rings. The number of epoxide rings is 1. The topological polar surface area (TPSA) is 29.6 Å². The molecule has 2 heteroatoms. The molecule has 1 heterocycles. The minimum atomic E-state index is -0.263. The van der Waals surface area contributed by atoms with E-state index in [4.69, 9.17) is 0 Å². The van der Waals surface area contributed by atoms with Crippen LogP contribution in [-0.4, -0.2) is 5.97 Å². The lowest BCUT2D eigenvalue weighted by atomic mass is 10.2. The monoisotopic (exact) mass is 134 g/mol. The van der Waals surface area contributed by atoms with E-state index in [-0.39, 0.29) is 12.1 Å². The molecule has 0 aromatic heterocycles. The van der Waals surface area contributed by atoms with E-state index >= 15 is 0 Å². The van der Waals surface area contributed by atoms with Crippen molar-refractivity contribution in [1.82, 2.24) is 0 Å². The Morgan fingerprint density at radius 2 is 1.80 bits per heavy atom. The SMILES string of the molecule is O=C1OC1c1ccccc1. The van der Waals surface area contributed by atoms with Gasteiger partial charge in [0.15, 0.2) is 0 Å². The van der Waals surface area contributed by atoms with Gasteiger partial charge >= 0.3 is 5.97 Å². The Morgan fingerprint density at radius 1 is 1.20 bits per heavy atom. The summed E-state index contributed by atoms with van der Waals surface area (Å²) < 4.78 is 4.66. The number of ether oxygens (including phenoxy) is 1. The fraction of sp³-hybridized carbons (Fsp3) is 0.125. The van der Waals surface area contributed by atoms with Crippen molar-refractivity contribution in [2.24, 2.45) is 0 Å². The summed E-state index contributed by atoms with van der Waals surface area (Å²) in [6, 6.07) is 9.47. The van der Waals surface area contributed by atoms with E-state index < -0.39 is 0 Å². The second-order valence-electron chi connectivity index (χ2n) is 2.23. The van der Waals surface area contributed by atoms with Crippen LogP contribution in [0.15, 0.2) is 30.3 Å². The zero-order valence-electron chi connectivity index (χ0n) is 5.28. The van der Waals surface area contributed by atoms with Gasteiger partial charge < -0.3 is 4.74 Å². The minimum Gasteiger partial charge on any atom is -0.442 e. The molecule has 1 saturated heterocycles. The maximum Gasteiger partial charge on any atom is 0.353 e. The third-order valence-electron chi connectivity index (χ3n) is 1.49. The number of carbonyl (C=O) groups is 1. The van der Waals surface area contributed by atoms with Crippen LogP contribution in [0.1, 0.15) is 11.7 Å². The van der Waals surface area contributed by atoms with Crippen molar-refractivity contribution in [3.05, 3.63) is 35.9 Å². The van der Waals surface area contributed by atoms with Gasteiger partial charge in [0.05, 0.1) is 0 Å². The highest BCUT2D eigenvalue weighted by Gasteiger charge is 2.39. The Hall–Kier alpha value is -1.31. The van der Waals surface area contributed by atoms with Gasteiger partial charge in [0.2, 0.25) is 6.10 Å². The molecule has 0 N–H and O–H groups in total. The van der Waals surface area contributed by atoms with Crippen LogP contribution in [0, 0.1) is 0 Å². The van der Waals surface area contributed by atoms with Crippen LogP contribution in [0.3, 0.4) is 0 Å². The molecule has 0 aliphatic carbocycles. The molecule has 10 heavy (non-hydrogen) atoms. The quantitative estimate of drug-likeness (QED) is 0.541. The van der Waals surface area contributed by atoms with E-state index in [1.54, 1.807) is 0 Å². The Kier molecular flexibility index (Phi) is 1.01. The molecule has 1 atom stereocenters. The van der Waals surface area contributed by atoms with E-state index in [2.05, 4.69) is 4.74 Å². The van der Waals surface area contributed by atoms with Gasteiger partial charge in [0, 0.05) is 5.56 Å². The van der Waals surface area contributed by atoms with Gasteiger partial charge in [0.1, 0.15) is 0 Å². The average molecular weight is 134 g/mol. The molecule has 2 rings (SSSR count). The minimum absolute atomic E-state index is 0.119. The maximum atomic E-state index is 10.5. The van der Waals surface area contributed by atoms with Crippen molar-refractivity contribution >= 4 is 5.97 Å². The number of benzene rings is 1. The summed E-state index contributed by atoms with van der Waals surface area (Å²) in [4.78, 5) is 10.5. The van der Waals surface area contributed by atoms with Crippen LogP contribution in [-0.2, 0) is 9.53 Å². The Balaban J connectivity index is 2.28. The highest BCUT2D eigenvalue weighted by atomic mass is 16.6. The predicted octanol–water partition coefficient (Wildman–Crippen LogP) is 1.28. The first kappa shape index (κ1) is 5.47. The summed E-state index contributed by atoms with van der Waals surface area (Å²) in [5.41, 5.74) is 0.951. The molecule has 0 radical (unpaired) electrons. The predicted molar refractivity (Wildman–Crippen MR) is 35.3 cm³/mol. The van der Waals surface area contributed by atoms with Crippen molar-refractivity contribution in [3.63, 3.8) is 0 Å². The molecule has 1 aliphatic heterocycles. The summed E-state index contributed by atoms with van der Waals surface area (Å²) in [6.45, 7) is 0. The maximum absolute atomic E-state index is 10.5. The second kappa shape index (κ2) is 1.84. The summed E-state index contributed by atoms with van der Waals surface area (Å²) in [5, 5.41) is 0. The van der Waals surface area contributed by atoms with Gasteiger partial charge in [0.25, 0.3) is 0 Å². The number of carbonyl (C=O) groups excluding carboxylic acids is 1. The first-order valence-corrected chi connectivity index (χ1v) is 3.13. The lowest BCUT2D eigenvalue weighted by molar-refractivity contribution is -0.117. The smallest absolute Gasteiger partial charge is 0.353 e. The van der Waals surface area contributed by atoms with Crippen LogP contribution in [0.4, 0.5) is 0 Å². The van der Waals surface area contributed by atoms with Gasteiger partial charge in [-0.25, -0.2) is 4.79 Å². The van der Waals surface area contributed by atoms with Crippen molar-refractivity contribution < 1.29 is 9.53 Å². The van der Waals surface area contributed by atoms with E-state index in [0.717, 1.165) is 5.56 Å². The van der Waals surface area contributed by atoms with Crippen LogP contribution in [0.5, 0.6) is 0 Å². The molecule has 1 unspecified atom stereocenters. The summed E-state index contributed by atoms with van der Waals surface area (Å²) >= 11 is 0. The zero-order chi connectivity index (χ0) is 6.97. The van der Waals surface area contributed by atoms with E-state index in [1.165, 1.54) is 0 Å². The van der Waals surface area contributed by atoms with E-state index in [9.17, 15) is 4.79 Å². The number of hydrogen-bond donors (Lipinski definition) is 0. The molecule has 0 bridgehead atoms. The molecule has 1 fully saturated rings. The van der Waals surface area contributed by atoms with Crippen molar-refractivity contribution in [3.8, 4) is 0 Å². The highest BCUT2D eigenvalue weighted by molar-refractivity contribution is 5.88. The molecule has 0 saturated carbocycles. The van der Waals surface area contributed by atoms with Gasteiger partial charge in [-0.3, -0.25) is 0 Å². The normalized spacial score (nSPS) is 22.0. The fourth-order valence-electron chi connectivity index (χ4n) is 0.914. The van der Waals surface area contributed by atoms with Crippen LogP contribution in [0.25, 0.3) is 0 Å². The largest absolute Gasteiger partial charge is 0.442 e. The molecule has 50 valence electrons. The highest BCUT2D eigenvalue weighted by Crippen LogP contribution is 2.30.